The van der Waals surface area contributed by atoms with Gasteiger partial charge in [0.25, 0.3) is 0 Å². The Kier molecular flexibility index (Phi) is 2.51. The fourth-order valence-corrected chi connectivity index (χ4v) is 3.62. The molecule has 1 atom stereocenters. The minimum Gasteiger partial charge on any atom is -0.315 e. The molecule has 3 aliphatic rings. The number of benzene rings is 2. The summed E-state index contributed by atoms with van der Waals surface area (Å²) in [4.78, 5) is 7.27. The molecular weight excluding hydrogens is 280 g/mol. The smallest absolute Gasteiger partial charge is 0.142 e. The number of aryl methyl sites for hydroxylation is 1. The molecule has 0 saturated carbocycles. The minimum absolute atomic E-state index is 0.210. The van der Waals surface area contributed by atoms with E-state index in [1.807, 2.05) is 0 Å². The molecule has 5 rings (SSSR count). The van der Waals surface area contributed by atoms with Crippen LogP contribution in [-0.2, 0) is 0 Å². The van der Waals surface area contributed by atoms with E-state index in [0.717, 1.165) is 11.5 Å². The summed E-state index contributed by atoms with van der Waals surface area (Å²) < 4.78 is 0. The fraction of sp³-hybridized carbons (Fsp3) is 0.0952. The van der Waals surface area contributed by atoms with Crippen LogP contribution in [0.15, 0.2) is 83.5 Å². The van der Waals surface area contributed by atoms with Crippen LogP contribution >= 0.6 is 0 Å². The second kappa shape index (κ2) is 4.56. The van der Waals surface area contributed by atoms with Crippen molar-refractivity contribution < 1.29 is 0 Å². The molecule has 0 N–H and O–H groups in total. The Bertz CT molecular complexity index is 944. The molecule has 2 aliphatic heterocycles. The van der Waals surface area contributed by atoms with Crippen LogP contribution in [0.2, 0.25) is 0 Å². The van der Waals surface area contributed by atoms with Gasteiger partial charge in [-0.25, -0.2) is 4.99 Å². The summed E-state index contributed by atoms with van der Waals surface area (Å²) in [5.74, 6) is 1.05. The second-order valence-electron chi connectivity index (χ2n) is 6.20. The number of fused-ring (bicyclic) bond motifs is 8. The number of hydrogen-bond donors (Lipinski definition) is 0. The first-order valence-corrected chi connectivity index (χ1v) is 7.96. The Hall–Kier alpha value is -2.87. The normalized spacial score (nSPS) is 20.0. The average molecular weight is 296 g/mol. The van der Waals surface area contributed by atoms with Gasteiger partial charge in [0.05, 0.1) is 17.4 Å². The molecule has 0 fully saturated rings. The Morgan fingerprint density at radius 3 is 2.74 bits per heavy atom. The SMILES string of the molecule is Cc1ccc2c(c1)-c1ccccc1C1=NC3=C[C@@H](C=CC=C3)N12. The van der Waals surface area contributed by atoms with Crippen LogP contribution in [0.1, 0.15) is 11.1 Å². The summed E-state index contributed by atoms with van der Waals surface area (Å²) in [5, 5.41) is 0. The number of allylic oxidation sites excluding steroid dienone is 3. The number of aliphatic imine (C=N–C) groups is 1. The molecule has 0 amide bonds. The maximum atomic E-state index is 4.92. The lowest BCUT2D eigenvalue weighted by Crippen LogP contribution is -2.43. The average Bonchev–Trinajstić information content (AvgIpc) is 2.77. The molecule has 0 unspecified atom stereocenters. The van der Waals surface area contributed by atoms with Gasteiger partial charge < -0.3 is 4.90 Å². The van der Waals surface area contributed by atoms with Crippen LogP contribution < -0.4 is 4.90 Å². The highest BCUT2D eigenvalue weighted by molar-refractivity contribution is 6.20. The predicted molar refractivity (Wildman–Crippen MR) is 95.8 cm³/mol. The summed E-state index contributed by atoms with van der Waals surface area (Å²) in [5.41, 5.74) is 7.34. The highest BCUT2D eigenvalue weighted by atomic mass is 15.2. The maximum Gasteiger partial charge on any atom is 0.142 e. The number of nitrogens with zero attached hydrogens (tertiary/aromatic N) is 2. The molecule has 0 saturated heterocycles. The van der Waals surface area contributed by atoms with Gasteiger partial charge in [0.1, 0.15) is 5.84 Å². The predicted octanol–water partition coefficient (Wildman–Crippen LogP) is 4.62. The van der Waals surface area contributed by atoms with E-state index in [9.17, 15) is 0 Å². The summed E-state index contributed by atoms with van der Waals surface area (Å²) in [6.07, 6.45) is 10.7. The Morgan fingerprint density at radius 2 is 1.83 bits per heavy atom. The van der Waals surface area contributed by atoms with E-state index < -0.39 is 0 Å². The number of rotatable bonds is 0. The van der Waals surface area contributed by atoms with Crippen molar-refractivity contribution in [2.24, 2.45) is 4.99 Å². The number of amidine groups is 1. The van der Waals surface area contributed by atoms with E-state index in [1.54, 1.807) is 0 Å². The van der Waals surface area contributed by atoms with Crippen molar-refractivity contribution in [3.63, 3.8) is 0 Å². The van der Waals surface area contributed by atoms with Crippen molar-refractivity contribution in [3.05, 3.63) is 89.7 Å². The summed E-state index contributed by atoms with van der Waals surface area (Å²) in [6.45, 7) is 2.15. The van der Waals surface area contributed by atoms with E-state index in [0.29, 0.717) is 0 Å². The maximum absolute atomic E-state index is 4.92. The molecule has 0 spiro atoms. The topological polar surface area (TPSA) is 15.6 Å². The zero-order valence-corrected chi connectivity index (χ0v) is 12.9. The zero-order chi connectivity index (χ0) is 15.4. The molecule has 2 aromatic carbocycles. The molecular formula is C21H16N2. The van der Waals surface area contributed by atoms with Gasteiger partial charge in [0, 0.05) is 11.1 Å². The van der Waals surface area contributed by atoms with E-state index in [4.69, 9.17) is 4.99 Å². The lowest BCUT2D eigenvalue weighted by Gasteiger charge is -2.39. The third kappa shape index (κ3) is 1.78. The first kappa shape index (κ1) is 12.7. The van der Waals surface area contributed by atoms with Gasteiger partial charge in [-0.3, -0.25) is 0 Å². The molecule has 23 heavy (non-hydrogen) atoms. The van der Waals surface area contributed by atoms with Gasteiger partial charge >= 0.3 is 0 Å². The Morgan fingerprint density at radius 1 is 0.957 bits per heavy atom. The third-order valence-corrected chi connectivity index (χ3v) is 4.66. The molecule has 1 aliphatic carbocycles. The van der Waals surface area contributed by atoms with Gasteiger partial charge in [-0.15, -0.1) is 0 Å². The lowest BCUT2D eigenvalue weighted by molar-refractivity contribution is 0.934. The van der Waals surface area contributed by atoms with Crippen molar-refractivity contribution in [3.8, 4) is 11.1 Å². The Labute approximate surface area is 135 Å². The van der Waals surface area contributed by atoms with E-state index in [1.165, 1.54) is 27.9 Å². The summed E-state index contributed by atoms with van der Waals surface area (Å²) >= 11 is 0. The molecule has 2 aromatic rings. The van der Waals surface area contributed by atoms with Gasteiger partial charge in [-0.1, -0.05) is 54.1 Å². The van der Waals surface area contributed by atoms with Crippen LogP contribution in [-0.4, -0.2) is 11.9 Å². The van der Waals surface area contributed by atoms with Gasteiger partial charge in [0.2, 0.25) is 0 Å². The number of anilines is 1. The molecule has 2 heterocycles. The van der Waals surface area contributed by atoms with Crippen LogP contribution in [0.3, 0.4) is 0 Å². The van der Waals surface area contributed by atoms with E-state index in [2.05, 4.69) is 84.7 Å². The van der Waals surface area contributed by atoms with Gasteiger partial charge in [0.15, 0.2) is 0 Å². The summed E-state index contributed by atoms with van der Waals surface area (Å²) in [7, 11) is 0. The van der Waals surface area contributed by atoms with E-state index in [-0.39, 0.29) is 6.04 Å². The third-order valence-electron chi connectivity index (χ3n) is 4.66. The quantitative estimate of drug-likeness (QED) is 0.692. The standard InChI is InChI=1S/C21H16N2/c1-14-10-11-20-19(12-14)17-8-4-5-9-18(17)21-22-15-6-2-3-7-16(13-15)23(20)21/h2-13,16H,1H3/t16-/m1/s1. The zero-order valence-electron chi connectivity index (χ0n) is 12.9. The first-order valence-electron chi connectivity index (χ1n) is 7.96. The molecule has 2 nitrogen and oxygen atoms in total. The van der Waals surface area contributed by atoms with Gasteiger partial charge in [-0.05, 0) is 36.8 Å². The van der Waals surface area contributed by atoms with Crippen LogP contribution in [0, 0.1) is 6.92 Å². The fourth-order valence-electron chi connectivity index (χ4n) is 3.62. The van der Waals surface area contributed by atoms with Crippen molar-refractivity contribution in [1.82, 2.24) is 0 Å². The molecule has 110 valence electrons. The van der Waals surface area contributed by atoms with Crippen LogP contribution in [0.25, 0.3) is 11.1 Å². The van der Waals surface area contributed by atoms with Crippen molar-refractivity contribution >= 4 is 11.5 Å². The monoisotopic (exact) mass is 296 g/mol. The van der Waals surface area contributed by atoms with Crippen molar-refractivity contribution in [2.75, 3.05) is 4.90 Å². The first-order chi connectivity index (χ1) is 11.3. The lowest BCUT2D eigenvalue weighted by atomic mass is 9.89. The van der Waals surface area contributed by atoms with Crippen molar-refractivity contribution in [2.45, 2.75) is 13.0 Å². The molecule has 2 heteroatoms. The largest absolute Gasteiger partial charge is 0.315 e. The van der Waals surface area contributed by atoms with E-state index >= 15 is 0 Å². The Balaban J connectivity index is 1.85. The van der Waals surface area contributed by atoms with Crippen molar-refractivity contribution in [1.29, 1.82) is 0 Å². The van der Waals surface area contributed by atoms with Gasteiger partial charge in [-0.2, -0.15) is 0 Å². The molecule has 0 aromatic heterocycles. The summed E-state index contributed by atoms with van der Waals surface area (Å²) in [6, 6.07) is 15.5. The molecule has 0 radical (unpaired) electrons. The van der Waals surface area contributed by atoms with Crippen LogP contribution in [0.4, 0.5) is 5.69 Å². The molecule has 2 bridgehead atoms. The number of hydrogen-bond acceptors (Lipinski definition) is 2. The highest BCUT2D eigenvalue weighted by Crippen LogP contribution is 2.42. The second-order valence-corrected chi connectivity index (χ2v) is 6.20. The minimum atomic E-state index is 0.210. The van der Waals surface area contributed by atoms with Crippen LogP contribution in [0.5, 0.6) is 0 Å². The highest BCUT2D eigenvalue weighted by Gasteiger charge is 2.33.